The maximum atomic E-state index is 12.5. The molecule has 0 bridgehead atoms. The minimum atomic E-state index is -3.30. The monoisotopic (exact) mass is 404 g/mol. The van der Waals surface area contributed by atoms with Gasteiger partial charge in [0, 0.05) is 29.2 Å². The number of thioether (sulfide) groups is 1. The lowest BCUT2D eigenvalue weighted by molar-refractivity contribution is 0.102. The van der Waals surface area contributed by atoms with Gasteiger partial charge in [-0.3, -0.25) is 4.79 Å². The number of nitrogens with one attached hydrogen (secondary N) is 1. The number of sulfonamides is 1. The van der Waals surface area contributed by atoms with E-state index in [0.29, 0.717) is 24.2 Å². The summed E-state index contributed by atoms with van der Waals surface area (Å²) in [7, 11) is -3.30. The summed E-state index contributed by atoms with van der Waals surface area (Å²) in [6.45, 7) is 1.22. The van der Waals surface area contributed by atoms with Gasteiger partial charge in [0.2, 0.25) is 10.0 Å². The molecule has 2 aromatic rings. The topological polar surface area (TPSA) is 66.5 Å². The lowest BCUT2D eigenvalue weighted by Gasteiger charge is -2.25. The molecular weight excluding hydrogens is 380 g/mol. The molecule has 3 rings (SSSR count). The number of amides is 1. The first kappa shape index (κ1) is 19.9. The Labute approximate surface area is 165 Å². The van der Waals surface area contributed by atoms with Gasteiger partial charge in [0.15, 0.2) is 0 Å². The summed E-state index contributed by atoms with van der Waals surface area (Å²) in [6.07, 6.45) is 4.93. The van der Waals surface area contributed by atoms with Gasteiger partial charge in [0.05, 0.1) is 5.75 Å². The van der Waals surface area contributed by atoms with Crippen LogP contribution < -0.4 is 5.32 Å². The Balaban J connectivity index is 1.64. The van der Waals surface area contributed by atoms with E-state index in [-0.39, 0.29) is 11.7 Å². The van der Waals surface area contributed by atoms with Crippen LogP contribution in [-0.2, 0) is 15.8 Å². The summed E-state index contributed by atoms with van der Waals surface area (Å²) < 4.78 is 26.6. The first-order valence-electron chi connectivity index (χ1n) is 9.00. The van der Waals surface area contributed by atoms with E-state index in [0.717, 1.165) is 29.8 Å². The third kappa shape index (κ3) is 5.34. The van der Waals surface area contributed by atoms with E-state index >= 15 is 0 Å². The minimum Gasteiger partial charge on any atom is -0.322 e. The molecule has 5 nitrogen and oxygen atoms in total. The van der Waals surface area contributed by atoms with Crippen LogP contribution in [-0.4, -0.2) is 38.0 Å². The third-order valence-corrected chi connectivity index (χ3v) is 7.18. The van der Waals surface area contributed by atoms with E-state index in [1.54, 1.807) is 40.3 Å². The Morgan fingerprint density at radius 3 is 2.44 bits per heavy atom. The lowest BCUT2D eigenvalue weighted by Crippen LogP contribution is -2.36. The highest BCUT2D eigenvalue weighted by atomic mass is 32.2. The third-order valence-electron chi connectivity index (χ3n) is 4.60. The van der Waals surface area contributed by atoms with Crippen LogP contribution in [0.3, 0.4) is 0 Å². The smallest absolute Gasteiger partial charge is 0.255 e. The van der Waals surface area contributed by atoms with Gasteiger partial charge in [-0.15, -0.1) is 11.8 Å². The molecule has 0 saturated carbocycles. The van der Waals surface area contributed by atoms with Crippen LogP contribution in [0, 0.1) is 0 Å². The van der Waals surface area contributed by atoms with Crippen LogP contribution in [0.25, 0.3) is 0 Å². The van der Waals surface area contributed by atoms with Gasteiger partial charge in [0.25, 0.3) is 5.91 Å². The van der Waals surface area contributed by atoms with Crippen LogP contribution in [0.5, 0.6) is 0 Å². The van der Waals surface area contributed by atoms with Gasteiger partial charge in [-0.25, -0.2) is 12.7 Å². The fourth-order valence-corrected chi connectivity index (χ4v) is 5.17. The molecule has 1 amide bonds. The highest BCUT2D eigenvalue weighted by Crippen LogP contribution is 2.20. The molecule has 1 aliphatic rings. The normalized spacial score (nSPS) is 15.4. The van der Waals surface area contributed by atoms with E-state index in [1.165, 1.54) is 0 Å². The van der Waals surface area contributed by atoms with Crippen molar-refractivity contribution in [3.63, 3.8) is 0 Å². The number of anilines is 1. The number of nitrogens with zero attached hydrogens (tertiary/aromatic N) is 1. The van der Waals surface area contributed by atoms with Crippen molar-refractivity contribution in [3.05, 3.63) is 59.7 Å². The van der Waals surface area contributed by atoms with Gasteiger partial charge in [0.1, 0.15) is 0 Å². The molecule has 0 unspecified atom stereocenters. The van der Waals surface area contributed by atoms with E-state index in [1.807, 2.05) is 30.5 Å². The average Bonchev–Trinajstić information content (AvgIpc) is 2.69. The lowest BCUT2D eigenvalue weighted by atomic mass is 10.1. The van der Waals surface area contributed by atoms with Crippen LogP contribution in [0.4, 0.5) is 5.69 Å². The number of carbonyl (C=O) groups is 1. The highest BCUT2D eigenvalue weighted by Gasteiger charge is 2.24. The quantitative estimate of drug-likeness (QED) is 0.740. The molecule has 1 saturated heterocycles. The zero-order chi connectivity index (χ0) is 19.3. The first-order valence-corrected chi connectivity index (χ1v) is 11.8. The summed E-state index contributed by atoms with van der Waals surface area (Å²) in [5.74, 6) is -0.233. The van der Waals surface area contributed by atoms with Crippen molar-refractivity contribution in [1.82, 2.24) is 4.31 Å². The zero-order valence-electron chi connectivity index (χ0n) is 15.3. The summed E-state index contributed by atoms with van der Waals surface area (Å²) in [5, 5.41) is 2.87. The first-order chi connectivity index (χ1) is 13.0. The van der Waals surface area contributed by atoms with Crippen LogP contribution in [0.2, 0.25) is 0 Å². The van der Waals surface area contributed by atoms with E-state index < -0.39 is 10.0 Å². The molecule has 27 heavy (non-hydrogen) atoms. The van der Waals surface area contributed by atoms with E-state index in [4.69, 9.17) is 0 Å². The average molecular weight is 405 g/mol. The number of hydrogen-bond acceptors (Lipinski definition) is 4. The number of hydrogen-bond donors (Lipinski definition) is 1. The second kappa shape index (κ2) is 8.91. The van der Waals surface area contributed by atoms with Crippen molar-refractivity contribution in [2.75, 3.05) is 24.7 Å². The predicted octanol–water partition coefficient (Wildman–Crippen LogP) is 3.98. The molecule has 144 valence electrons. The second-order valence-corrected chi connectivity index (χ2v) is 9.45. The predicted molar refractivity (Wildman–Crippen MR) is 111 cm³/mol. The van der Waals surface area contributed by atoms with Gasteiger partial charge in [-0.05, 0) is 55.0 Å². The Morgan fingerprint density at radius 1 is 1.07 bits per heavy atom. The molecule has 1 N–H and O–H groups in total. The Hall–Kier alpha value is -1.83. The molecule has 0 aromatic heterocycles. The van der Waals surface area contributed by atoms with Crippen LogP contribution >= 0.6 is 11.8 Å². The SMILES string of the molecule is CSc1cccc(NC(=O)c2ccc(CS(=O)(=O)N3CCCCC3)cc2)c1. The van der Waals surface area contributed by atoms with E-state index in [2.05, 4.69) is 5.32 Å². The number of carbonyl (C=O) groups excluding carboxylic acids is 1. The standard InChI is InChI=1S/C20H24N2O3S2/c1-26-19-7-5-6-18(14-19)21-20(23)17-10-8-16(9-11-17)15-27(24,25)22-12-3-2-4-13-22/h5-11,14H,2-4,12-13,15H2,1H3,(H,21,23). The van der Waals surface area contributed by atoms with Crippen molar-refractivity contribution in [2.24, 2.45) is 0 Å². The number of rotatable bonds is 6. The largest absolute Gasteiger partial charge is 0.322 e. The van der Waals surface area contributed by atoms with Gasteiger partial charge >= 0.3 is 0 Å². The van der Waals surface area contributed by atoms with E-state index in [9.17, 15) is 13.2 Å². The van der Waals surface area contributed by atoms with Crippen molar-refractivity contribution in [2.45, 2.75) is 29.9 Å². The van der Waals surface area contributed by atoms with Crippen LogP contribution in [0.15, 0.2) is 53.4 Å². The van der Waals surface area contributed by atoms with Crippen molar-refractivity contribution in [3.8, 4) is 0 Å². The molecule has 0 aliphatic carbocycles. The van der Waals surface area contributed by atoms with Gasteiger partial charge < -0.3 is 5.32 Å². The van der Waals surface area contributed by atoms with Gasteiger partial charge in [-0.2, -0.15) is 0 Å². The summed E-state index contributed by atoms with van der Waals surface area (Å²) in [6, 6.07) is 14.4. The maximum absolute atomic E-state index is 12.5. The molecule has 1 aliphatic heterocycles. The molecule has 1 fully saturated rings. The maximum Gasteiger partial charge on any atom is 0.255 e. The minimum absolute atomic E-state index is 0.0231. The van der Waals surface area contributed by atoms with Gasteiger partial charge in [-0.1, -0.05) is 24.6 Å². The Bertz CT molecular complexity index is 890. The summed E-state index contributed by atoms with van der Waals surface area (Å²) >= 11 is 1.61. The Kier molecular flexibility index (Phi) is 6.57. The van der Waals surface area contributed by atoms with Crippen LogP contribution in [0.1, 0.15) is 35.2 Å². The van der Waals surface area contributed by atoms with Crippen molar-refractivity contribution in [1.29, 1.82) is 0 Å². The number of piperidine rings is 1. The molecule has 1 heterocycles. The molecule has 2 aromatic carbocycles. The highest BCUT2D eigenvalue weighted by molar-refractivity contribution is 7.98. The Morgan fingerprint density at radius 2 is 1.78 bits per heavy atom. The second-order valence-electron chi connectivity index (χ2n) is 6.60. The molecular formula is C20H24N2O3S2. The zero-order valence-corrected chi connectivity index (χ0v) is 17.0. The summed E-state index contributed by atoms with van der Waals surface area (Å²) in [4.78, 5) is 13.5. The molecule has 7 heteroatoms. The van der Waals surface area contributed by atoms with Crippen molar-refractivity contribution >= 4 is 33.4 Å². The van der Waals surface area contributed by atoms with Crippen molar-refractivity contribution < 1.29 is 13.2 Å². The summed E-state index contributed by atoms with van der Waals surface area (Å²) in [5.41, 5.74) is 1.94. The fourth-order valence-electron chi connectivity index (χ4n) is 3.10. The number of benzene rings is 2. The molecule has 0 spiro atoms. The fraction of sp³-hybridized carbons (Fsp3) is 0.350. The molecule has 0 atom stereocenters. The molecule has 0 radical (unpaired) electrons.